The van der Waals surface area contributed by atoms with Crippen molar-refractivity contribution in [2.45, 2.75) is 0 Å². The van der Waals surface area contributed by atoms with Crippen LogP contribution in [0.3, 0.4) is 0 Å². The highest BCUT2D eigenvalue weighted by atomic mass is 16.5. The van der Waals surface area contributed by atoms with E-state index in [-0.39, 0.29) is 18.0 Å². The standard InChI is InChI=1S/C11H15N3O4/c1-18-5-4-13-10(15)7-14-9-6-8(11(16)17)2-3-12-9/h2-3,6H,4-5,7H2,1H3,(H,12,14)(H,13,15)(H,16,17). The SMILES string of the molecule is COCCNC(=O)CNc1cc(C(=O)O)ccn1. The maximum atomic E-state index is 11.3. The van der Waals surface area contributed by atoms with Gasteiger partial charge in [-0.2, -0.15) is 0 Å². The van der Waals surface area contributed by atoms with Gasteiger partial charge in [-0.1, -0.05) is 0 Å². The molecule has 18 heavy (non-hydrogen) atoms. The van der Waals surface area contributed by atoms with E-state index in [0.29, 0.717) is 19.0 Å². The van der Waals surface area contributed by atoms with E-state index in [9.17, 15) is 9.59 Å². The Labute approximate surface area is 104 Å². The predicted molar refractivity (Wildman–Crippen MR) is 64.6 cm³/mol. The fourth-order valence-electron chi connectivity index (χ4n) is 1.19. The number of methoxy groups -OCH3 is 1. The van der Waals surface area contributed by atoms with Gasteiger partial charge in [0.25, 0.3) is 0 Å². The number of aromatic nitrogens is 1. The lowest BCUT2D eigenvalue weighted by molar-refractivity contribution is -0.119. The Bertz CT molecular complexity index is 423. The van der Waals surface area contributed by atoms with Gasteiger partial charge in [0.2, 0.25) is 5.91 Å². The normalized spacial score (nSPS) is 9.83. The van der Waals surface area contributed by atoms with Crippen molar-refractivity contribution in [1.82, 2.24) is 10.3 Å². The van der Waals surface area contributed by atoms with Crippen molar-refractivity contribution in [2.75, 3.05) is 32.1 Å². The summed E-state index contributed by atoms with van der Waals surface area (Å²) in [5.41, 5.74) is 0.118. The lowest BCUT2D eigenvalue weighted by Crippen LogP contribution is -2.32. The number of aromatic carboxylic acids is 1. The number of carbonyl (C=O) groups excluding carboxylic acids is 1. The third-order valence-electron chi connectivity index (χ3n) is 2.07. The first-order valence-corrected chi connectivity index (χ1v) is 5.32. The number of pyridine rings is 1. The molecule has 0 aliphatic carbocycles. The number of carbonyl (C=O) groups is 2. The molecule has 0 bridgehead atoms. The van der Waals surface area contributed by atoms with Crippen molar-refractivity contribution in [3.8, 4) is 0 Å². The van der Waals surface area contributed by atoms with Crippen LogP contribution in [0, 0.1) is 0 Å². The molecule has 1 aromatic heterocycles. The molecule has 0 atom stereocenters. The van der Waals surface area contributed by atoms with Crippen LogP contribution in [0.4, 0.5) is 5.82 Å². The molecular formula is C11H15N3O4. The maximum Gasteiger partial charge on any atom is 0.335 e. The van der Waals surface area contributed by atoms with Gasteiger partial charge < -0.3 is 20.5 Å². The van der Waals surface area contributed by atoms with Crippen LogP contribution < -0.4 is 10.6 Å². The molecule has 1 rings (SSSR count). The molecule has 1 heterocycles. The number of nitrogens with one attached hydrogen (secondary N) is 2. The first kappa shape index (κ1) is 13.9. The van der Waals surface area contributed by atoms with Gasteiger partial charge >= 0.3 is 5.97 Å². The molecule has 0 spiro atoms. The summed E-state index contributed by atoms with van der Waals surface area (Å²) in [5, 5.41) is 14.1. The third-order valence-corrected chi connectivity index (χ3v) is 2.07. The minimum atomic E-state index is -1.04. The lowest BCUT2D eigenvalue weighted by atomic mass is 10.2. The Hall–Kier alpha value is -2.15. The van der Waals surface area contributed by atoms with E-state index in [1.165, 1.54) is 18.3 Å². The number of hydrogen-bond donors (Lipinski definition) is 3. The molecular weight excluding hydrogens is 238 g/mol. The lowest BCUT2D eigenvalue weighted by Gasteiger charge is -2.07. The predicted octanol–water partition coefficient (Wildman–Crippen LogP) is -0.0457. The zero-order valence-electron chi connectivity index (χ0n) is 9.97. The summed E-state index contributed by atoms with van der Waals surface area (Å²) in [7, 11) is 1.55. The van der Waals surface area contributed by atoms with E-state index in [1.54, 1.807) is 7.11 Å². The van der Waals surface area contributed by atoms with Gasteiger partial charge in [0.15, 0.2) is 0 Å². The zero-order chi connectivity index (χ0) is 13.4. The molecule has 7 nitrogen and oxygen atoms in total. The summed E-state index contributed by atoms with van der Waals surface area (Å²) in [4.78, 5) is 26.0. The van der Waals surface area contributed by atoms with Gasteiger partial charge in [0.05, 0.1) is 18.7 Å². The van der Waals surface area contributed by atoms with Crippen molar-refractivity contribution in [3.63, 3.8) is 0 Å². The summed E-state index contributed by atoms with van der Waals surface area (Å²) in [6.45, 7) is 0.901. The van der Waals surface area contributed by atoms with Crippen molar-refractivity contribution in [1.29, 1.82) is 0 Å². The fourth-order valence-corrected chi connectivity index (χ4v) is 1.19. The highest BCUT2D eigenvalue weighted by molar-refractivity contribution is 5.88. The number of carboxylic acid groups (broad SMARTS) is 1. The van der Waals surface area contributed by atoms with Crippen LogP contribution in [-0.2, 0) is 9.53 Å². The van der Waals surface area contributed by atoms with Crippen LogP contribution in [0.2, 0.25) is 0 Å². The third kappa shape index (κ3) is 4.79. The number of nitrogens with zero attached hydrogens (tertiary/aromatic N) is 1. The monoisotopic (exact) mass is 253 g/mol. The van der Waals surface area contributed by atoms with E-state index in [2.05, 4.69) is 15.6 Å². The largest absolute Gasteiger partial charge is 0.478 e. The Morgan fingerprint density at radius 2 is 2.28 bits per heavy atom. The number of rotatable bonds is 7. The van der Waals surface area contributed by atoms with Gasteiger partial charge in [0, 0.05) is 19.9 Å². The highest BCUT2D eigenvalue weighted by Crippen LogP contribution is 2.05. The van der Waals surface area contributed by atoms with Gasteiger partial charge in [0.1, 0.15) is 5.82 Å². The van der Waals surface area contributed by atoms with Crippen molar-refractivity contribution in [3.05, 3.63) is 23.9 Å². The summed E-state index contributed by atoms with van der Waals surface area (Å²) >= 11 is 0. The maximum absolute atomic E-state index is 11.3. The van der Waals surface area contributed by atoms with E-state index >= 15 is 0 Å². The zero-order valence-corrected chi connectivity index (χ0v) is 9.97. The summed E-state index contributed by atoms with van der Waals surface area (Å²) in [5.74, 6) is -0.906. The minimum absolute atomic E-state index is 0.0276. The molecule has 0 saturated heterocycles. The second-order valence-corrected chi connectivity index (χ2v) is 3.43. The van der Waals surface area contributed by atoms with Crippen LogP contribution in [0.25, 0.3) is 0 Å². The molecule has 3 N–H and O–H groups in total. The number of ether oxygens (including phenoxy) is 1. The molecule has 98 valence electrons. The van der Waals surface area contributed by atoms with Crippen LogP contribution in [0.1, 0.15) is 10.4 Å². The van der Waals surface area contributed by atoms with Crippen LogP contribution in [0.15, 0.2) is 18.3 Å². The first-order chi connectivity index (χ1) is 8.63. The number of carboxylic acids is 1. The molecule has 0 unspecified atom stereocenters. The molecule has 0 radical (unpaired) electrons. The number of amides is 1. The minimum Gasteiger partial charge on any atom is -0.478 e. The van der Waals surface area contributed by atoms with Crippen molar-refractivity contribution in [2.24, 2.45) is 0 Å². The van der Waals surface area contributed by atoms with Gasteiger partial charge in [-0.3, -0.25) is 4.79 Å². The first-order valence-electron chi connectivity index (χ1n) is 5.32. The Morgan fingerprint density at radius 1 is 1.50 bits per heavy atom. The molecule has 1 amide bonds. The quantitative estimate of drug-likeness (QED) is 0.589. The molecule has 0 aliphatic rings. The number of hydrogen-bond acceptors (Lipinski definition) is 5. The van der Waals surface area contributed by atoms with E-state index in [4.69, 9.17) is 9.84 Å². The van der Waals surface area contributed by atoms with Crippen LogP contribution in [-0.4, -0.2) is 48.8 Å². The molecule has 0 fully saturated rings. The van der Waals surface area contributed by atoms with E-state index in [0.717, 1.165) is 0 Å². The molecule has 0 aromatic carbocycles. The average molecular weight is 253 g/mol. The van der Waals surface area contributed by atoms with Gasteiger partial charge in [-0.15, -0.1) is 0 Å². The Morgan fingerprint density at radius 3 is 2.94 bits per heavy atom. The Balaban J connectivity index is 2.41. The summed E-state index contributed by atoms with van der Waals surface area (Å²) in [6.07, 6.45) is 1.37. The Kier molecular flexibility index (Phi) is 5.59. The van der Waals surface area contributed by atoms with E-state index < -0.39 is 5.97 Å². The van der Waals surface area contributed by atoms with Crippen molar-refractivity contribution < 1.29 is 19.4 Å². The average Bonchev–Trinajstić information content (AvgIpc) is 2.37. The smallest absolute Gasteiger partial charge is 0.335 e. The summed E-state index contributed by atoms with van der Waals surface area (Å²) in [6, 6.07) is 2.75. The molecule has 0 saturated carbocycles. The van der Waals surface area contributed by atoms with Crippen LogP contribution in [0.5, 0.6) is 0 Å². The second-order valence-electron chi connectivity index (χ2n) is 3.43. The van der Waals surface area contributed by atoms with Gasteiger partial charge in [-0.25, -0.2) is 9.78 Å². The van der Waals surface area contributed by atoms with Crippen LogP contribution >= 0.6 is 0 Å². The van der Waals surface area contributed by atoms with E-state index in [1.807, 2.05) is 0 Å². The highest BCUT2D eigenvalue weighted by Gasteiger charge is 2.05. The summed E-state index contributed by atoms with van der Waals surface area (Å²) < 4.78 is 4.78. The molecule has 1 aromatic rings. The van der Waals surface area contributed by atoms with Crippen molar-refractivity contribution >= 4 is 17.7 Å². The fraction of sp³-hybridized carbons (Fsp3) is 0.364. The number of anilines is 1. The molecule has 0 aliphatic heterocycles. The topological polar surface area (TPSA) is 101 Å². The van der Waals surface area contributed by atoms with Gasteiger partial charge in [-0.05, 0) is 12.1 Å². The second kappa shape index (κ2) is 7.23. The molecule has 7 heteroatoms.